The molecule has 186 valence electrons. The number of allylic oxidation sites excluding steroid dienone is 1. The highest BCUT2D eigenvalue weighted by Gasteiger charge is 2.38. The van der Waals surface area contributed by atoms with Gasteiger partial charge in [-0.3, -0.25) is 4.79 Å². The second-order valence-corrected chi connectivity index (χ2v) is 8.50. The van der Waals surface area contributed by atoms with E-state index in [9.17, 15) is 27.6 Å². The minimum atomic E-state index is -4.50. The number of esters is 2. The third kappa shape index (κ3) is 5.90. The van der Waals surface area contributed by atoms with Gasteiger partial charge in [-0.1, -0.05) is 24.3 Å². The van der Waals surface area contributed by atoms with Crippen LogP contribution in [0.15, 0.2) is 59.8 Å². The monoisotopic (exact) mass is 489 g/mol. The van der Waals surface area contributed by atoms with Crippen LogP contribution in [0.5, 0.6) is 0 Å². The highest BCUT2D eigenvalue weighted by molar-refractivity contribution is 5.96. The predicted molar refractivity (Wildman–Crippen MR) is 121 cm³/mol. The number of carbonyl (C=O) groups excluding carboxylic acids is 3. The fourth-order valence-corrected chi connectivity index (χ4v) is 4.03. The van der Waals surface area contributed by atoms with E-state index >= 15 is 0 Å². The smallest absolute Gasteiger partial charge is 0.416 e. The molecule has 0 aliphatic carbocycles. The molecule has 2 aromatic rings. The molecule has 0 unspecified atom stereocenters. The van der Waals surface area contributed by atoms with E-state index in [1.165, 1.54) is 24.1 Å². The van der Waals surface area contributed by atoms with Crippen molar-refractivity contribution in [3.63, 3.8) is 0 Å². The first kappa shape index (κ1) is 26.0. The Hall–Kier alpha value is -3.62. The molecule has 0 saturated heterocycles. The summed E-state index contributed by atoms with van der Waals surface area (Å²) in [4.78, 5) is 39.5. The van der Waals surface area contributed by atoms with Crippen molar-refractivity contribution < 1.29 is 37.0 Å². The topological polar surface area (TPSA) is 72.9 Å². The van der Waals surface area contributed by atoms with Crippen LogP contribution in [0.3, 0.4) is 0 Å². The molecular formula is C26H26F3NO5. The third-order valence-electron chi connectivity index (χ3n) is 5.71. The van der Waals surface area contributed by atoms with Crippen LogP contribution in [0.2, 0.25) is 0 Å². The van der Waals surface area contributed by atoms with E-state index in [-0.39, 0.29) is 24.4 Å². The largest absolute Gasteiger partial charge is 0.465 e. The molecule has 35 heavy (non-hydrogen) atoms. The van der Waals surface area contributed by atoms with E-state index < -0.39 is 35.7 Å². The van der Waals surface area contributed by atoms with E-state index in [0.717, 1.165) is 12.1 Å². The Labute approximate surface area is 201 Å². The summed E-state index contributed by atoms with van der Waals surface area (Å²) >= 11 is 0. The maximum atomic E-state index is 13.2. The van der Waals surface area contributed by atoms with Crippen molar-refractivity contribution >= 4 is 17.8 Å². The molecular weight excluding hydrogens is 463 g/mol. The van der Waals surface area contributed by atoms with Crippen LogP contribution in [0.25, 0.3) is 0 Å². The summed E-state index contributed by atoms with van der Waals surface area (Å²) in [6, 6.07) is 11.0. The number of benzene rings is 2. The second-order valence-electron chi connectivity index (χ2n) is 8.50. The van der Waals surface area contributed by atoms with Gasteiger partial charge in [0.2, 0.25) is 5.91 Å². The van der Waals surface area contributed by atoms with Crippen molar-refractivity contribution in [3.8, 4) is 0 Å². The Morgan fingerprint density at radius 2 is 1.74 bits per heavy atom. The maximum Gasteiger partial charge on any atom is 0.416 e. The fourth-order valence-electron chi connectivity index (χ4n) is 4.03. The lowest BCUT2D eigenvalue weighted by Gasteiger charge is -2.35. The number of hydrogen-bond acceptors (Lipinski definition) is 5. The highest BCUT2D eigenvalue weighted by Crippen LogP contribution is 2.39. The third-order valence-corrected chi connectivity index (χ3v) is 5.71. The molecule has 1 atom stereocenters. The van der Waals surface area contributed by atoms with Crippen LogP contribution in [-0.2, 0) is 31.8 Å². The lowest BCUT2D eigenvalue weighted by molar-refractivity contribution is -0.144. The van der Waals surface area contributed by atoms with Crippen LogP contribution in [0.1, 0.15) is 60.2 Å². The van der Waals surface area contributed by atoms with Gasteiger partial charge >= 0.3 is 18.1 Å². The van der Waals surface area contributed by atoms with Crippen molar-refractivity contribution in [1.82, 2.24) is 4.90 Å². The minimum absolute atomic E-state index is 0.0910. The van der Waals surface area contributed by atoms with Gasteiger partial charge in [-0.2, -0.15) is 13.2 Å². The summed E-state index contributed by atoms with van der Waals surface area (Å²) in [5.74, 6) is -2.22. The number of ether oxygens (including phenoxy) is 2. The number of methoxy groups -OCH3 is 1. The number of nitrogens with zero attached hydrogens (tertiary/aromatic N) is 1. The van der Waals surface area contributed by atoms with Gasteiger partial charge in [0.1, 0.15) is 0 Å². The van der Waals surface area contributed by atoms with Crippen molar-refractivity contribution in [2.75, 3.05) is 7.11 Å². The normalized spacial score (nSPS) is 16.5. The molecule has 6 nitrogen and oxygen atoms in total. The first-order valence-electron chi connectivity index (χ1n) is 11.0. The molecule has 0 saturated carbocycles. The van der Waals surface area contributed by atoms with Crippen molar-refractivity contribution in [2.24, 2.45) is 0 Å². The maximum absolute atomic E-state index is 13.2. The highest BCUT2D eigenvalue weighted by atomic mass is 19.4. The van der Waals surface area contributed by atoms with Crippen LogP contribution in [0.4, 0.5) is 13.2 Å². The lowest BCUT2D eigenvalue weighted by Crippen LogP contribution is -2.38. The van der Waals surface area contributed by atoms with Gasteiger partial charge in [-0.15, -0.1) is 0 Å². The molecule has 1 aliphatic rings. The van der Waals surface area contributed by atoms with Crippen LogP contribution in [-0.4, -0.2) is 36.0 Å². The van der Waals surface area contributed by atoms with Gasteiger partial charge in [-0.25, -0.2) is 9.59 Å². The van der Waals surface area contributed by atoms with Crippen LogP contribution < -0.4 is 0 Å². The van der Waals surface area contributed by atoms with Gasteiger partial charge < -0.3 is 14.4 Å². The summed E-state index contributed by atoms with van der Waals surface area (Å²) in [6.07, 6.45) is -5.05. The average molecular weight is 489 g/mol. The Morgan fingerprint density at radius 1 is 1.09 bits per heavy atom. The number of alkyl halides is 3. The number of halogens is 3. The number of hydrogen-bond donors (Lipinski definition) is 0. The molecule has 0 spiro atoms. The molecule has 3 rings (SSSR count). The standard InChI is InChI=1S/C26H26F3NO5/c1-15(2)35-25(33)23-16(3)30(14-17-6-5-7-19(12-17)24(32)34-4)22(31)13-21(23)18-8-10-20(11-9-18)26(27,28)29/h5-12,15,21H,13-14H2,1-4H3/t21-/m1/s1. The van der Waals surface area contributed by atoms with Crippen LogP contribution >= 0.6 is 0 Å². The predicted octanol–water partition coefficient (Wildman–Crippen LogP) is 5.23. The number of carbonyl (C=O) groups is 3. The van der Waals surface area contributed by atoms with Gasteiger partial charge in [0.25, 0.3) is 0 Å². The average Bonchev–Trinajstić information content (AvgIpc) is 2.80. The zero-order valence-electron chi connectivity index (χ0n) is 19.8. The van der Waals surface area contributed by atoms with Crippen LogP contribution in [0, 0.1) is 0 Å². The lowest BCUT2D eigenvalue weighted by atomic mass is 9.83. The Kier molecular flexibility index (Phi) is 7.67. The van der Waals surface area contributed by atoms with Crippen molar-refractivity contribution in [1.29, 1.82) is 0 Å². The summed E-state index contributed by atoms with van der Waals surface area (Å²) in [6.45, 7) is 5.07. The van der Waals surface area contributed by atoms with E-state index in [4.69, 9.17) is 9.47 Å². The summed E-state index contributed by atoms with van der Waals surface area (Å²) in [5.41, 5.74) is 1.11. The van der Waals surface area contributed by atoms with E-state index in [1.807, 2.05) is 0 Å². The molecule has 0 N–H and O–H groups in total. The fraction of sp³-hybridized carbons (Fsp3) is 0.346. The molecule has 0 radical (unpaired) electrons. The molecule has 9 heteroatoms. The summed E-state index contributed by atoms with van der Waals surface area (Å²) in [7, 11) is 1.27. The van der Waals surface area contributed by atoms with Gasteiger partial charge in [0, 0.05) is 18.0 Å². The quantitative estimate of drug-likeness (QED) is 0.520. The van der Waals surface area contributed by atoms with E-state index in [1.54, 1.807) is 45.0 Å². The second kappa shape index (κ2) is 10.3. The Bertz CT molecular complexity index is 1150. The summed E-state index contributed by atoms with van der Waals surface area (Å²) in [5, 5.41) is 0. The Morgan fingerprint density at radius 3 is 2.31 bits per heavy atom. The number of amides is 1. The first-order valence-corrected chi connectivity index (χ1v) is 11.0. The van der Waals surface area contributed by atoms with Gasteiger partial charge in [0.15, 0.2) is 0 Å². The van der Waals surface area contributed by atoms with Crippen molar-refractivity contribution in [3.05, 3.63) is 82.1 Å². The molecule has 0 fully saturated rings. The Balaban J connectivity index is 2.02. The van der Waals surface area contributed by atoms with E-state index in [0.29, 0.717) is 22.4 Å². The molecule has 1 amide bonds. The SMILES string of the molecule is COC(=O)c1cccc(CN2C(=O)C[C@H](c3ccc(C(F)(F)F)cc3)C(C(=O)OC(C)C)=C2C)c1. The molecule has 0 bridgehead atoms. The minimum Gasteiger partial charge on any atom is -0.465 e. The zero-order valence-corrected chi connectivity index (χ0v) is 19.8. The summed E-state index contributed by atoms with van der Waals surface area (Å²) < 4.78 is 49.2. The first-order chi connectivity index (χ1) is 16.4. The molecule has 1 aliphatic heterocycles. The molecule has 0 aromatic heterocycles. The number of rotatable bonds is 6. The molecule has 2 aromatic carbocycles. The van der Waals surface area contributed by atoms with Crippen molar-refractivity contribution in [2.45, 2.75) is 51.9 Å². The zero-order chi connectivity index (χ0) is 25.9. The van der Waals surface area contributed by atoms with E-state index in [2.05, 4.69) is 0 Å². The van der Waals surface area contributed by atoms with Gasteiger partial charge in [-0.05, 0) is 56.2 Å². The van der Waals surface area contributed by atoms with Gasteiger partial charge in [0.05, 0.1) is 36.5 Å². The molecule has 1 heterocycles.